The molecule has 0 saturated heterocycles. The van der Waals surface area contributed by atoms with Crippen molar-refractivity contribution in [1.82, 2.24) is 4.90 Å². The number of hydrogen-bond donors (Lipinski definition) is 0. The highest BCUT2D eigenvalue weighted by Gasteiger charge is 2.54. The van der Waals surface area contributed by atoms with Crippen LogP contribution < -0.4 is 0 Å². The second-order valence-electron chi connectivity index (χ2n) is 8.01. The van der Waals surface area contributed by atoms with Gasteiger partial charge in [0.25, 0.3) is 5.91 Å². The number of carbonyl (C=O) groups excluding carboxylic acids is 2. The lowest BCUT2D eigenvalue weighted by Gasteiger charge is -2.41. The molecule has 2 heterocycles. The maximum Gasteiger partial charge on any atom is 0.290 e. The summed E-state index contributed by atoms with van der Waals surface area (Å²) in [4.78, 5) is 28.0. The fourth-order valence-corrected chi connectivity index (χ4v) is 5.02. The smallest absolute Gasteiger partial charge is 0.290 e. The molecule has 0 bridgehead atoms. The van der Waals surface area contributed by atoms with Crippen LogP contribution in [0.4, 0.5) is 4.39 Å². The second-order valence-corrected chi connectivity index (χ2v) is 8.01. The van der Waals surface area contributed by atoms with Crippen molar-refractivity contribution < 1.29 is 18.7 Å². The molecule has 0 spiro atoms. The lowest BCUT2D eigenvalue weighted by molar-refractivity contribution is -0.138. The van der Waals surface area contributed by atoms with Crippen molar-refractivity contribution in [2.24, 2.45) is 17.8 Å². The van der Waals surface area contributed by atoms with Gasteiger partial charge < -0.3 is 9.64 Å². The van der Waals surface area contributed by atoms with Crippen LogP contribution in [0.3, 0.4) is 0 Å². The van der Waals surface area contributed by atoms with E-state index in [9.17, 15) is 14.0 Å². The first-order valence-electron chi connectivity index (χ1n) is 9.55. The molecule has 1 amide bonds. The minimum atomic E-state index is -0.758. The number of fused-ring (bicyclic) bond motifs is 1. The number of halogens is 1. The van der Waals surface area contributed by atoms with Gasteiger partial charge in [0.15, 0.2) is 11.5 Å². The number of rotatable bonds is 3. The average molecular weight is 369 g/mol. The average Bonchev–Trinajstić information content (AvgIpc) is 2.88. The van der Waals surface area contributed by atoms with Crippen LogP contribution in [-0.4, -0.2) is 29.2 Å². The van der Waals surface area contributed by atoms with E-state index in [-0.39, 0.29) is 41.9 Å². The monoisotopic (exact) mass is 369 g/mol. The predicted octanol–water partition coefficient (Wildman–Crippen LogP) is 3.80. The molecule has 1 aromatic rings. The third-order valence-corrected chi connectivity index (χ3v) is 6.07. The van der Waals surface area contributed by atoms with Crippen molar-refractivity contribution >= 4 is 11.7 Å². The van der Waals surface area contributed by atoms with Crippen LogP contribution in [0.1, 0.15) is 38.3 Å². The van der Waals surface area contributed by atoms with Crippen LogP contribution in [0.25, 0.3) is 0 Å². The van der Waals surface area contributed by atoms with E-state index in [2.05, 4.69) is 20.4 Å². The van der Waals surface area contributed by atoms with Crippen molar-refractivity contribution in [3.8, 4) is 0 Å². The zero-order chi connectivity index (χ0) is 19.3. The summed E-state index contributed by atoms with van der Waals surface area (Å²) in [6.45, 7) is 8.14. The van der Waals surface area contributed by atoms with Crippen LogP contribution in [0.2, 0.25) is 0 Å². The predicted molar refractivity (Wildman–Crippen MR) is 99.0 cm³/mol. The van der Waals surface area contributed by atoms with Gasteiger partial charge in [-0.1, -0.05) is 38.1 Å². The Balaban J connectivity index is 1.83. The number of nitrogens with zero attached hydrogens (tertiary/aromatic N) is 1. The summed E-state index contributed by atoms with van der Waals surface area (Å²) in [7, 11) is 0. The van der Waals surface area contributed by atoms with Gasteiger partial charge in [0.05, 0.1) is 17.5 Å². The normalized spacial score (nSPS) is 32.9. The van der Waals surface area contributed by atoms with Crippen molar-refractivity contribution in [2.45, 2.75) is 38.8 Å². The Bertz CT molecular complexity index is 846. The van der Waals surface area contributed by atoms with Crippen LogP contribution in [0.15, 0.2) is 48.3 Å². The summed E-state index contributed by atoms with van der Waals surface area (Å²) in [6, 6.07) is 5.54. The van der Waals surface area contributed by atoms with Crippen LogP contribution >= 0.6 is 0 Å². The minimum absolute atomic E-state index is 0.0613. The van der Waals surface area contributed by atoms with Crippen LogP contribution in [-0.2, 0) is 14.3 Å². The number of carbonyl (C=O) groups is 2. The van der Waals surface area contributed by atoms with E-state index in [4.69, 9.17) is 4.74 Å². The Morgan fingerprint density at radius 1 is 1.26 bits per heavy atom. The molecule has 1 fully saturated rings. The quantitative estimate of drug-likeness (QED) is 0.762. The zero-order valence-corrected chi connectivity index (χ0v) is 15.7. The Labute approximate surface area is 158 Å². The highest BCUT2D eigenvalue weighted by Crippen LogP contribution is 2.49. The molecule has 27 heavy (non-hydrogen) atoms. The molecule has 1 aromatic carbocycles. The largest absolute Gasteiger partial charge is 0.483 e. The molecule has 0 radical (unpaired) electrons. The first kappa shape index (κ1) is 18.0. The molecule has 142 valence electrons. The highest BCUT2D eigenvalue weighted by atomic mass is 19.1. The maximum absolute atomic E-state index is 14.6. The number of amides is 1. The molecule has 5 heteroatoms. The van der Waals surface area contributed by atoms with E-state index >= 15 is 0 Å². The van der Waals surface area contributed by atoms with Crippen LogP contribution in [0, 0.1) is 23.6 Å². The zero-order valence-electron chi connectivity index (χ0n) is 15.7. The van der Waals surface area contributed by atoms with E-state index in [0.717, 1.165) is 12.8 Å². The van der Waals surface area contributed by atoms with Crippen molar-refractivity contribution in [3.05, 3.63) is 59.6 Å². The van der Waals surface area contributed by atoms with Gasteiger partial charge in [-0.15, -0.1) is 6.58 Å². The van der Waals surface area contributed by atoms with Crippen molar-refractivity contribution in [3.63, 3.8) is 0 Å². The molecule has 1 saturated carbocycles. The highest BCUT2D eigenvalue weighted by molar-refractivity contribution is 6.11. The molecular weight excluding hydrogens is 345 g/mol. The van der Waals surface area contributed by atoms with E-state index in [1.54, 1.807) is 24.3 Å². The van der Waals surface area contributed by atoms with Crippen molar-refractivity contribution in [1.29, 1.82) is 0 Å². The molecular formula is C22H24FNO3. The lowest BCUT2D eigenvalue weighted by atomic mass is 9.69. The van der Waals surface area contributed by atoms with E-state index < -0.39 is 11.9 Å². The molecule has 0 aromatic heterocycles. The molecule has 2 aliphatic heterocycles. The van der Waals surface area contributed by atoms with Gasteiger partial charge in [0, 0.05) is 12.1 Å². The van der Waals surface area contributed by atoms with Crippen LogP contribution in [0.5, 0.6) is 0 Å². The number of benzene rings is 1. The van der Waals surface area contributed by atoms with E-state index in [1.165, 1.54) is 11.0 Å². The lowest BCUT2D eigenvalue weighted by Crippen LogP contribution is -2.45. The fraction of sp³-hybridized carbons (Fsp3) is 0.455. The van der Waals surface area contributed by atoms with Gasteiger partial charge in [0.2, 0.25) is 0 Å². The summed E-state index contributed by atoms with van der Waals surface area (Å²) in [6.07, 6.45) is 3.03. The molecule has 5 unspecified atom stereocenters. The van der Waals surface area contributed by atoms with E-state index in [0.29, 0.717) is 17.1 Å². The number of ketones is 1. The molecule has 3 aliphatic rings. The fourth-order valence-electron chi connectivity index (χ4n) is 5.02. The molecule has 5 atom stereocenters. The summed E-state index contributed by atoms with van der Waals surface area (Å²) >= 11 is 0. The van der Waals surface area contributed by atoms with Gasteiger partial charge >= 0.3 is 0 Å². The minimum Gasteiger partial charge on any atom is -0.483 e. The molecule has 0 N–H and O–H groups in total. The molecule has 4 nitrogen and oxygen atoms in total. The van der Waals surface area contributed by atoms with Gasteiger partial charge in [-0.25, -0.2) is 4.39 Å². The summed E-state index contributed by atoms with van der Waals surface area (Å²) in [5.41, 5.74) is 0.638. The summed E-state index contributed by atoms with van der Waals surface area (Å²) < 4.78 is 20.7. The number of ether oxygens (including phenoxy) is 1. The SMILES string of the molecule is C=CCN1C(=O)C2=C(C(=O)C3C(C)CC(C)CC3O2)C1c1ccccc1F. The number of Topliss-reactive ketones (excluding diaryl/α,β-unsaturated/α-hetero) is 1. The third kappa shape index (κ3) is 2.71. The van der Waals surface area contributed by atoms with Gasteiger partial charge in [0.1, 0.15) is 11.9 Å². The second kappa shape index (κ2) is 6.63. The molecule has 1 aliphatic carbocycles. The summed E-state index contributed by atoms with van der Waals surface area (Å²) in [5.74, 6) is -0.393. The topological polar surface area (TPSA) is 46.6 Å². The Hall–Kier alpha value is -2.43. The first-order chi connectivity index (χ1) is 12.9. The Kier molecular flexibility index (Phi) is 4.41. The standard InChI is InChI=1S/C22H24FNO3/c1-4-9-24-19(14-7-5-6-8-15(14)23)18-20(25)17-13(3)10-12(2)11-16(17)27-21(18)22(24)26/h4-8,12-13,16-17,19H,1,9-11H2,2-3H3. The number of hydrogen-bond acceptors (Lipinski definition) is 3. The Morgan fingerprint density at radius 3 is 2.70 bits per heavy atom. The van der Waals surface area contributed by atoms with Crippen molar-refractivity contribution in [2.75, 3.05) is 6.54 Å². The summed E-state index contributed by atoms with van der Waals surface area (Å²) in [5, 5.41) is 0. The first-order valence-corrected chi connectivity index (χ1v) is 9.55. The molecule has 4 rings (SSSR count). The van der Waals surface area contributed by atoms with E-state index in [1.807, 2.05) is 0 Å². The van der Waals surface area contributed by atoms with Gasteiger partial charge in [-0.2, -0.15) is 0 Å². The third-order valence-electron chi connectivity index (χ3n) is 6.07. The Morgan fingerprint density at radius 2 is 2.00 bits per heavy atom. The van der Waals surface area contributed by atoms with Gasteiger partial charge in [-0.05, 0) is 30.7 Å². The van der Waals surface area contributed by atoms with Gasteiger partial charge in [-0.3, -0.25) is 9.59 Å². The maximum atomic E-state index is 14.6.